The first-order valence-corrected chi connectivity index (χ1v) is 16.8. The molecule has 11 heteroatoms. The summed E-state index contributed by atoms with van der Waals surface area (Å²) in [7, 11) is 1.75. The Morgan fingerprint density at radius 1 is 1.04 bits per heavy atom. The van der Waals surface area contributed by atoms with Crippen LogP contribution in [0.25, 0.3) is 22.3 Å². The molecule has 262 valence electrons. The third-order valence-corrected chi connectivity index (χ3v) is 9.94. The van der Waals surface area contributed by atoms with Crippen LogP contribution in [0.1, 0.15) is 75.3 Å². The summed E-state index contributed by atoms with van der Waals surface area (Å²) >= 11 is 0. The summed E-state index contributed by atoms with van der Waals surface area (Å²) in [5.41, 5.74) is 2.06. The van der Waals surface area contributed by atoms with Crippen molar-refractivity contribution in [1.29, 1.82) is 0 Å². The lowest BCUT2D eigenvalue weighted by molar-refractivity contribution is -0.137. The molecule has 3 N–H and O–H groups in total. The first kappa shape index (κ1) is 34.8. The van der Waals surface area contributed by atoms with Gasteiger partial charge in [0.1, 0.15) is 17.4 Å². The van der Waals surface area contributed by atoms with E-state index in [9.17, 15) is 14.7 Å². The number of carboxylic acid groups (broad SMARTS) is 1. The SMILES string of the molecule is CN1CC(C)(C)CCCC(C)(c2cccc(CCC(=O)O)c2)c2cnc([nH]2)-c2cc(ccc2F)Oc2c(F)c(F)c3[nH]ccc3c2CCC1=O. The molecule has 0 aliphatic carbocycles. The summed E-state index contributed by atoms with van der Waals surface area (Å²) in [6, 6.07) is 13.4. The van der Waals surface area contributed by atoms with Crippen LogP contribution in [0.5, 0.6) is 11.5 Å². The fraction of sp³-hybridized carbons (Fsp3) is 0.359. The average molecular weight is 687 g/mol. The Morgan fingerprint density at radius 3 is 2.62 bits per heavy atom. The summed E-state index contributed by atoms with van der Waals surface area (Å²) in [5, 5.41) is 9.66. The molecule has 0 spiro atoms. The van der Waals surface area contributed by atoms with Crippen molar-refractivity contribution in [3.63, 3.8) is 0 Å². The molecule has 1 atom stereocenters. The number of imidazole rings is 1. The number of amides is 1. The minimum absolute atomic E-state index is 0.00354. The highest BCUT2D eigenvalue weighted by Crippen LogP contribution is 2.41. The largest absolute Gasteiger partial charge is 0.481 e. The van der Waals surface area contributed by atoms with Gasteiger partial charge in [0.2, 0.25) is 11.7 Å². The summed E-state index contributed by atoms with van der Waals surface area (Å²) in [4.78, 5) is 37.1. The van der Waals surface area contributed by atoms with E-state index in [0.29, 0.717) is 30.3 Å². The molecule has 1 unspecified atom stereocenters. The second kappa shape index (κ2) is 13.7. The van der Waals surface area contributed by atoms with E-state index >= 15 is 13.2 Å². The quantitative estimate of drug-likeness (QED) is 0.175. The molecular weight excluding hydrogens is 645 g/mol. The van der Waals surface area contributed by atoms with E-state index in [0.717, 1.165) is 29.7 Å². The van der Waals surface area contributed by atoms with E-state index in [4.69, 9.17) is 4.74 Å². The zero-order valence-electron chi connectivity index (χ0n) is 28.6. The lowest BCUT2D eigenvalue weighted by Crippen LogP contribution is -2.36. The number of aryl methyl sites for hydroxylation is 2. The molecule has 3 heterocycles. The predicted molar refractivity (Wildman–Crippen MR) is 185 cm³/mol. The maximum Gasteiger partial charge on any atom is 0.303 e. The van der Waals surface area contributed by atoms with Gasteiger partial charge in [-0.3, -0.25) is 9.59 Å². The minimum atomic E-state index is -1.21. The number of nitrogens with zero attached hydrogens (tertiary/aromatic N) is 2. The Bertz CT molecular complexity index is 2070. The molecule has 0 radical (unpaired) electrons. The van der Waals surface area contributed by atoms with Gasteiger partial charge in [0.25, 0.3) is 0 Å². The van der Waals surface area contributed by atoms with Crippen LogP contribution in [-0.2, 0) is 27.8 Å². The number of hydrogen-bond donors (Lipinski definition) is 3. The summed E-state index contributed by atoms with van der Waals surface area (Å²) in [5.74, 6) is -4.01. The van der Waals surface area contributed by atoms with E-state index in [-0.39, 0.29) is 59.0 Å². The average Bonchev–Trinajstić information content (AvgIpc) is 3.77. The van der Waals surface area contributed by atoms with Crippen molar-refractivity contribution >= 4 is 22.8 Å². The van der Waals surface area contributed by atoms with Crippen molar-refractivity contribution in [2.75, 3.05) is 13.6 Å². The molecule has 8 nitrogen and oxygen atoms in total. The second-order valence-corrected chi connectivity index (χ2v) is 14.3. The first-order chi connectivity index (χ1) is 23.8. The smallest absolute Gasteiger partial charge is 0.303 e. The zero-order chi connectivity index (χ0) is 35.8. The molecule has 6 rings (SSSR count). The van der Waals surface area contributed by atoms with Crippen LogP contribution in [0.2, 0.25) is 0 Å². The molecule has 3 aromatic carbocycles. The Morgan fingerprint density at radius 2 is 1.84 bits per heavy atom. The standard InChI is InChI=1S/C39H41F3N4O4/c1-38(2)16-6-17-39(3,24-8-5-7-23(19-24)9-14-32(48)49)30-21-44-37(45-30)28-20-25(10-12-29(28)40)50-36-27(11-13-31(47)46(4)22-38)26-15-18-43-35(26)33(41)34(36)42/h5,7-8,10,12,15,18-21,43H,6,9,11,13-14,16-17,22H2,1-4H3,(H,44,45)(H,48,49). The topological polar surface area (TPSA) is 111 Å². The zero-order valence-corrected chi connectivity index (χ0v) is 28.6. The van der Waals surface area contributed by atoms with Crippen LogP contribution < -0.4 is 4.74 Å². The van der Waals surface area contributed by atoms with Gasteiger partial charge in [-0.1, -0.05) is 44.5 Å². The Hall–Kier alpha value is -5.06. The van der Waals surface area contributed by atoms with E-state index in [2.05, 4.69) is 35.7 Å². The van der Waals surface area contributed by atoms with Gasteiger partial charge in [-0.05, 0) is 73.4 Å². The number of aromatic nitrogens is 3. The molecular formula is C39H41F3N4O4. The molecule has 1 aliphatic heterocycles. The molecule has 50 heavy (non-hydrogen) atoms. The summed E-state index contributed by atoms with van der Waals surface area (Å²) in [6.07, 6.45) is 5.92. The van der Waals surface area contributed by atoms with Crippen LogP contribution in [-0.4, -0.2) is 50.4 Å². The van der Waals surface area contributed by atoms with Crippen LogP contribution in [0.15, 0.2) is 60.9 Å². The van der Waals surface area contributed by atoms with Gasteiger partial charge in [-0.15, -0.1) is 0 Å². The van der Waals surface area contributed by atoms with Crippen LogP contribution >= 0.6 is 0 Å². The number of rotatable bonds is 4. The molecule has 1 aliphatic rings. The lowest BCUT2D eigenvalue weighted by atomic mass is 9.73. The van der Waals surface area contributed by atoms with Crippen molar-refractivity contribution in [2.45, 2.75) is 71.1 Å². The third kappa shape index (κ3) is 6.99. The maximum atomic E-state index is 15.7. The Labute approximate surface area is 288 Å². The molecule has 4 bridgehead atoms. The monoisotopic (exact) mass is 686 g/mol. The number of hydrogen-bond acceptors (Lipinski definition) is 4. The number of halogens is 3. The first-order valence-electron chi connectivity index (χ1n) is 16.8. The van der Waals surface area contributed by atoms with E-state index < -0.39 is 28.8 Å². The normalized spacial score (nSPS) is 18.5. The van der Waals surface area contributed by atoms with Gasteiger partial charge < -0.3 is 24.7 Å². The highest BCUT2D eigenvalue weighted by atomic mass is 19.2. The number of fused-ring (bicyclic) bond motifs is 8. The number of benzene rings is 3. The van der Waals surface area contributed by atoms with E-state index in [1.54, 1.807) is 24.2 Å². The molecule has 5 aromatic rings. The van der Waals surface area contributed by atoms with Gasteiger partial charge in [-0.25, -0.2) is 13.8 Å². The van der Waals surface area contributed by atoms with Crippen molar-refractivity contribution in [2.24, 2.45) is 5.41 Å². The molecule has 0 saturated heterocycles. The third-order valence-electron chi connectivity index (χ3n) is 9.94. The van der Waals surface area contributed by atoms with Gasteiger partial charge in [0.05, 0.1) is 11.1 Å². The number of aromatic amines is 2. The van der Waals surface area contributed by atoms with Crippen LogP contribution in [0.3, 0.4) is 0 Å². The Balaban J connectivity index is 1.47. The number of carbonyl (C=O) groups is 2. The van der Waals surface area contributed by atoms with Crippen molar-refractivity contribution in [3.8, 4) is 22.9 Å². The fourth-order valence-electron chi connectivity index (χ4n) is 7.14. The minimum Gasteiger partial charge on any atom is -0.481 e. The number of nitrogens with one attached hydrogen (secondary N) is 2. The number of aliphatic carboxylic acids is 1. The van der Waals surface area contributed by atoms with Crippen molar-refractivity contribution in [1.82, 2.24) is 19.9 Å². The van der Waals surface area contributed by atoms with Crippen molar-refractivity contribution in [3.05, 3.63) is 101 Å². The van der Waals surface area contributed by atoms with Crippen LogP contribution in [0.4, 0.5) is 13.2 Å². The number of carboxylic acids is 1. The van der Waals surface area contributed by atoms with Gasteiger partial charge >= 0.3 is 5.97 Å². The lowest BCUT2D eigenvalue weighted by Gasteiger charge is -2.34. The molecule has 0 fully saturated rings. The second-order valence-electron chi connectivity index (χ2n) is 14.3. The number of H-pyrrole nitrogens is 2. The molecule has 0 saturated carbocycles. The maximum absolute atomic E-state index is 15.7. The summed E-state index contributed by atoms with van der Waals surface area (Å²) in [6.45, 7) is 6.78. The number of ether oxygens (including phenoxy) is 1. The van der Waals surface area contributed by atoms with E-state index in [1.807, 2.05) is 24.3 Å². The molecule has 2 aromatic heterocycles. The predicted octanol–water partition coefficient (Wildman–Crippen LogP) is 8.69. The number of carbonyl (C=O) groups excluding carboxylic acids is 1. The van der Waals surface area contributed by atoms with Gasteiger partial charge in [-0.2, -0.15) is 4.39 Å². The van der Waals surface area contributed by atoms with E-state index in [1.165, 1.54) is 24.4 Å². The fourth-order valence-corrected chi connectivity index (χ4v) is 7.14. The van der Waals surface area contributed by atoms with Gasteiger partial charge in [0.15, 0.2) is 11.6 Å². The Kier molecular flexibility index (Phi) is 9.52. The highest BCUT2D eigenvalue weighted by molar-refractivity contribution is 5.87. The van der Waals surface area contributed by atoms with Gasteiger partial charge in [0, 0.05) is 60.9 Å². The van der Waals surface area contributed by atoms with Crippen LogP contribution in [0, 0.1) is 22.9 Å². The summed E-state index contributed by atoms with van der Waals surface area (Å²) < 4.78 is 52.4. The van der Waals surface area contributed by atoms with Crippen molar-refractivity contribution < 1.29 is 32.6 Å². The highest BCUT2D eigenvalue weighted by Gasteiger charge is 2.33. The molecule has 1 amide bonds.